The van der Waals surface area contributed by atoms with Crippen molar-refractivity contribution in [1.29, 1.82) is 0 Å². The van der Waals surface area contributed by atoms with E-state index in [0.717, 1.165) is 48.3 Å². The predicted molar refractivity (Wildman–Crippen MR) is 114 cm³/mol. The molecule has 0 bridgehead atoms. The summed E-state index contributed by atoms with van der Waals surface area (Å²) in [6.45, 7) is 6.35. The van der Waals surface area contributed by atoms with Crippen LogP contribution >= 0.6 is 0 Å². The van der Waals surface area contributed by atoms with Gasteiger partial charge in [0.1, 0.15) is 11.6 Å². The number of hydrogen-bond donors (Lipinski definition) is 1. The number of piperidine rings is 1. The van der Waals surface area contributed by atoms with Crippen LogP contribution in [-0.4, -0.2) is 48.2 Å². The Morgan fingerprint density at radius 3 is 2.90 bits per heavy atom. The first-order valence-electron chi connectivity index (χ1n) is 10.5. The molecule has 3 aliphatic rings. The highest BCUT2D eigenvalue weighted by atomic mass is 16.5. The van der Waals surface area contributed by atoms with E-state index in [4.69, 9.17) is 9.47 Å². The van der Waals surface area contributed by atoms with E-state index in [0.29, 0.717) is 23.9 Å². The normalized spacial score (nSPS) is 21.7. The molecule has 6 heteroatoms. The highest BCUT2D eigenvalue weighted by Gasteiger charge is 2.44. The third-order valence-corrected chi connectivity index (χ3v) is 6.12. The molecule has 0 radical (unpaired) electrons. The molecular weight excluding hydrogens is 364 g/mol. The molecular formula is C23H28N4O2. The van der Waals surface area contributed by atoms with Crippen LogP contribution in [0.2, 0.25) is 0 Å². The van der Waals surface area contributed by atoms with Crippen LogP contribution in [0.15, 0.2) is 24.4 Å². The quantitative estimate of drug-likeness (QED) is 0.689. The summed E-state index contributed by atoms with van der Waals surface area (Å²) in [5.74, 6) is 4.88. The molecule has 6 nitrogen and oxygen atoms in total. The van der Waals surface area contributed by atoms with Crippen molar-refractivity contribution in [2.24, 2.45) is 11.8 Å². The highest BCUT2D eigenvalue weighted by molar-refractivity contribution is 5.74. The van der Waals surface area contributed by atoms with Crippen LogP contribution in [-0.2, 0) is 6.42 Å². The number of allylic oxidation sites excluding steroid dienone is 1. The summed E-state index contributed by atoms with van der Waals surface area (Å²) in [6, 6.07) is 4.04. The zero-order valence-corrected chi connectivity index (χ0v) is 17.1. The van der Waals surface area contributed by atoms with Gasteiger partial charge >= 0.3 is 0 Å². The standard InChI is InChI=1S/C23H28N4O2/c1-15-9-16-5-3-6-19(16)23(25-15)26-22-11-20(21(28-2)12-24-22)29-8-4-7-27-13-17-10-18(17)14-27/h3,6,9,11-12,17-18H,4-5,7-8,10,13-14H2,1-2H3,(H,24,25,26). The van der Waals surface area contributed by atoms with Gasteiger partial charge < -0.3 is 19.7 Å². The number of anilines is 2. The van der Waals surface area contributed by atoms with Crippen LogP contribution in [0.5, 0.6) is 11.5 Å². The van der Waals surface area contributed by atoms with Crippen LogP contribution in [0.25, 0.3) is 6.08 Å². The highest BCUT2D eigenvalue weighted by Crippen LogP contribution is 2.44. The number of nitrogens with zero attached hydrogens (tertiary/aromatic N) is 3. The number of ether oxygens (including phenoxy) is 2. The van der Waals surface area contributed by atoms with Gasteiger partial charge in [0, 0.05) is 37.0 Å². The lowest BCUT2D eigenvalue weighted by atomic mass is 10.1. The smallest absolute Gasteiger partial charge is 0.179 e. The van der Waals surface area contributed by atoms with Gasteiger partial charge in [0.2, 0.25) is 0 Å². The number of pyridine rings is 2. The minimum atomic E-state index is 0.653. The Morgan fingerprint density at radius 1 is 1.21 bits per heavy atom. The maximum atomic E-state index is 6.05. The molecule has 2 aromatic rings. The van der Waals surface area contributed by atoms with Crippen LogP contribution in [0, 0.1) is 18.8 Å². The van der Waals surface area contributed by atoms with Crippen molar-refractivity contribution in [3.63, 3.8) is 0 Å². The van der Waals surface area contributed by atoms with E-state index >= 15 is 0 Å². The molecule has 1 saturated carbocycles. The Hall–Kier alpha value is -2.60. The van der Waals surface area contributed by atoms with Gasteiger partial charge in [-0.15, -0.1) is 0 Å². The molecule has 0 aromatic carbocycles. The Kier molecular flexibility index (Phi) is 4.87. The number of fused-ring (bicyclic) bond motifs is 2. The van der Waals surface area contributed by atoms with Gasteiger partial charge in [0.15, 0.2) is 11.5 Å². The molecule has 0 amide bonds. The second-order valence-corrected chi connectivity index (χ2v) is 8.35. The number of rotatable bonds is 8. The Morgan fingerprint density at radius 2 is 2.07 bits per heavy atom. The van der Waals surface area contributed by atoms with Crippen molar-refractivity contribution >= 4 is 17.7 Å². The van der Waals surface area contributed by atoms with E-state index in [9.17, 15) is 0 Å². The molecule has 3 heterocycles. The summed E-state index contributed by atoms with van der Waals surface area (Å²) in [7, 11) is 1.65. The van der Waals surface area contributed by atoms with Crippen molar-refractivity contribution in [3.05, 3.63) is 41.2 Å². The van der Waals surface area contributed by atoms with Crippen LogP contribution in [0.1, 0.15) is 29.7 Å². The van der Waals surface area contributed by atoms with Gasteiger partial charge in [-0.1, -0.05) is 12.2 Å². The van der Waals surface area contributed by atoms with E-state index < -0.39 is 0 Å². The molecule has 2 aliphatic carbocycles. The predicted octanol–water partition coefficient (Wildman–Crippen LogP) is 3.83. The molecule has 1 aliphatic heterocycles. The molecule has 152 valence electrons. The molecule has 2 unspecified atom stereocenters. The van der Waals surface area contributed by atoms with Gasteiger partial charge in [0.05, 0.1) is 19.9 Å². The SMILES string of the molecule is COc1cnc(Nc2nc(C)cc3c2C=CC3)cc1OCCCN1CC2CC2C1. The van der Waals surface area contributed by atoms with Gasteiger partial charge in [-0.25, -0.2) is 9.97 Å². The number of nitrogens with one attached hydrogen (secondary N) is 1. The molecule has 5 rings (SSSR count). The first kappa shape index (κ1) is 18.4. The minimum Gasteiger partial charge on any atom is -0.491 e. The third-order valence-electron chi connectivity index (χ3n) is 6.12. The van der Waals surface area contributed by atoms with Crippen LogP contribution < -0.4 is 14.8 Å². The van der Waals surface area contributed by atoms with E-state index in [1.165, 1.54) is 25.1 Å². The molecule has 1 N–H and O–H groups in total. The first-order valence-corrected chi connectivity index (χ1v) is 10.5. The van der Waals surface area contributed by atoms with Gasteiger partial charge in [-0.05, 0) is 49.7 Å². The topological polar surface area (TPSA) is 59.5 Å². The maximum absolute atomic E-state index is 6.05. The summed E-state index contributed by atoms with van der Waals surface area (Å²) in [4.78, 5) is 11.7. The molecule has 29 heavy (non-hydrogen) atoms. The number of likely N-dealkylation sites (tertiary alicyclic amines) is 1. The molecule has 0 spiro atoms. The summed E-state index contributed by atoms with van der Waals surface area (Å²) >= 11 is 0. The zero-order valence-electron chi connectivity index (χ0n) is 17.1. The average molecular weight is 393 g/mol. The van der Waals surface area contributed by atoms with Gasteiger partial charge in [-0.3, -0.25) is 0 Å². The summed E-state index contributed by atoms with van der Waals surface area (Å²) < 4.78 is 11.5. The molecule has 2 aromatic heterocycles. The third kappa shape index (κ3) is 3.94. The molecule has 2 atom stereocenters. The second-order valence-electron chi connectivity index (χ2n) is 8.35. The lowest BCUT2D eigenvalue weighted by Crippen LogP contribution is -2.25. The first-order chi connectivity index (χ1) is 14.2. The van der Waals surface area contributed by atoms with Crippen molar-refractivity contribution in [1.82, 2.24) is 14.9 Å². The number of aromatic nitrogens is 2. The lowest BCUT2D eigenvalue weighted by Gasteiger charge is -2.18. The fraction of sp³-hybridized carbons (Fsp3) is 0.478. The van der Waals surface area contributed by atoms with Crippen LogP contribution in [0.3, 0.4) is 0 Å². The fourth-order valence-corrected chi connectivity index (χ4v) is 4.53. The van der Waals surface area contributed by atoms with Gasteiger partial charge in [-0.2, -0.15) is 0 Å². The van der Waals surface area contributed by atoms with Crippen molar-refractivity contribution in [2.75, 3.05) is 38.7 Å². The Bertz CT molecular complexity index is 933. The van der Waals surface area contributed by atoms with E-state index in [2.05, 4.69) is 38.4 Å². The number of methoxy groups -OCH3 is 1. The van der Waals surface area contributed by atoms with Crippen LogP contribution in [0.4, 0.5) is 11.6 Å². The van der Waals surface area contributed by atoms with E-state index in [1.807, 2.05) is 13.0 Å². The van der Waals surface area contributed by atoms with Gasteiger partial charge in [0.25, 0.3) is 0 Å². The summed E-state index contributed by atoms with van der Waals surface area (Å²) in [6.07, 6.45) is 9.41. The molecule has 1 saturated heterocycles. The fourth-order valence-electron chi connectivity index (χ4n) is 4.53. The zero-order chi connectivity index (χ0) is 19.8. The Labute approximate surface area is 172 Å². The summed E-state index contributed by atoms with van der Waals surface area (Å²) in [5, 5.41) is 3.36. The lowest BCUT2D eigenvalue weighted by molar-refractivity contribution is 0.243. The van der Waals surface area contributed by atoms with Crippen molar-refractivity contribution in [3.8, 4) is 11.5 Å². The minimum absolute atomic E-state index is 0.653. The van der Waals surface area contributed by atoms with E-state index in [1.54, 1.807) is 13.3 Å². The maximum Gasteiger partial charge on any atom is 0.179 e. The van der Waals surface area contributed by atoms with Crippen molar-refractivity contribution < 1.29 is 9.47 Å². The Balaban J connectivity index is 1.24. The largest absolute Gasteiger partial charge is 0.491 e. The van der Waals surface area contributed by atoms with E-state index in [-0.39, 0.29) is 0 Å². The number of aryl methyl sites for hydroxylation is 1. The number of hydrogen-bond acceptors (Lipinski definition) is 6. The van der Waals surface area contributed by atoms with Crippen molar-refractivity contribution in [2.45, 2.75) is 26.2 Å². The average Bonchev–Trinajstić information content (AvgIpc) is 3.10. The monoisotopic (exact) mass is 392 g/mol. The summed E-state index contributed by atoms with van der Waals surface area (Å²) in [5.41, 5.74) is 3.43. The molecule has 2 fully saturated rings. The second kappa shape index (κ2) is 7.67.